The van der Waals surface area contributed by atoms with E-state index in [1.54, 1.807) is 30.3 Å². The highest BCUT2D eigenvalue weighted by Gasteiger charge is 2.24. The average molecular weight is 409 g/mol. The minimum absolute atomic E-state index is 0.103. The Bertz CT molecular complexity index is 938. The van der Waals surface area contributed by atoms with Crippen LogP contribution < -0.4 is 5.32 Å². The van der Waals surface area contributed by atoms with E-state index in [9.17, 15) is 9.59 Å². The zero-order chi connectivity index (χ0) is 17.3. The zero-order valence-corrected chi connectivity index (χ0v) is 14.7. The molecule has 0 unspecified atom stereocenters. The number of benzene rings is 1. The van der Waals surface area contributed by atoms with Crippen molar-refractivity contribution in [3.8, 4) is 0 Å². The van der Waals surface area contributed by atoms with Crippen LogP contribution in [0, 0.1) is 0 Å². The Labute approximate surface area is 150 Å². The highest BCUT2D eigenvalue weighted by molar-refractivity contribution is 9.10. The molecule has 2 heterocycles. The van der Waals surface area contributed by atoms with Gasteiger partial charge in [0.2, 0.25) is 0 Å². The smallest absolute Gasteiger partial charge is 0.340 e. The standard InChI is InChI=1S/C16H11BrClN3O3/c1-24-16(23)13-10-4-2-8(17)6-11(10)20-14(13)15(22)21-12-5-3-9(18)7-19-12/h2-7,20H,1H3,(H,19,21,22). The second kappa shape index (κ2) is 6.62. The molecule has 0 aliphatic heterocycles. The summed E-state index contributed by atoms with van der Waals surface area (Å²) >= 11 is 9.13. The fourth-order valence-corrected chi connectivity index (χ4v) is 2.76. The number of hydrogen-bond donors (Lipinski definition) is 2. The molecule has 1 aromatic carbocycles. The van der Waals surface area contributed by atoms with Crippen LogP contribution in [0.2, 0.25) is 5.02 Å². The molecule has 2 aromatic heterocycles. The molecule has 0 fully saturated rings. The van der Waals surface area contributed by atoms with Crippen LogP contribution in [0.3, 0.4) is 0 Å². The summed E-state index contributed by atoms with van der Waals surface area (Å²) in [6.07, 6.45) is 1.42. The first kappa shape index (κ1) is 16.5. The lowest BCUT2D eigenvalue weighted by molar-refractivity contribution is 0.0599. The van der Waals surface area contributed by atoms with Crippen LogP contribution in [-0.4, -0.2) is 29.0 Å². The molecule has 0 saturated heterocycles. The predicted octanol–water partition coefficient (Wildman–Crippen LogP) is 4.02. The lowest BCUT2D eigenvalue weighted by Gasteiger charge is -2.05. The van der Waals surface area contributed by atoms with Crippen molar-refractivity contribution in [1.82, 2.24) is 9.97 Å². The monoisotopic (exact) mass is 407 g/mol. The van der Waals surface area contributed by atoms with Crippen molar-refractivity contribution < 1.29 is 14.3 Å². The third-order valence-electron chi connectivity index (χ3n) is 3.35. The van der Waals surface area contributed by atoms with E-state index in [1.807, 2.05) is 0 Å². The van der Waals surface area contributed by atoms with Gasteiger partial charge >= 0.3 is 5.97 Å². The fourth-order valence-electron chi connectivity index (χ4n) is 2.28. The van der Waals surface area contributed by atoms with E-state index in [0.29, 0.717) is 21.7 Å². The third kappa shape index (κ3) is 3.13. The number of hydrogen-bond acceptors (Lipinski definition) is 4. The molecule has 0 atom stereocenters. The van der Waals surface area contributed by atoms with Gasteiger partial charge in [-0.2, -0.15) is 0 Å². The van der Waals surface area contributed by atoms with Gasteiger partial charge in [0, 0.05) is 21.6 Å². The van der Waals surface area contributed by atoms with Gasteiger partial charge in [-0.05, 0) is 24.3 Å². The molecular formula is C16H11BrClN3O3. The summed E-state index contributed by atoms with van der Waals surface area (Å²) in [5.41, 5.74) is 0.914. The second-order valence-corrected chi connectivity index (χ2v) is 6.22. The van der Waals surface area contributed by atoms with E-state index in [0.717, 1.165) is 4.47 Å². The van der Waals surface area contributed by atoms with Crippen molar-refractivity contribution in [1.29, 1.82) is 0 Å². The summed E-state index contributed by atoms with van der Waals surface area (Å²) in [5, 5.41) is 3.67. The number of H-pyrrole nitrogens is 1. The van der Waals surface area contributed by atoms with E-state index in [2.05, 4.69) is 31.2 Å². The van der Waals surface area contributed by atoms with Crippen LogP contribution in [-0.2, 0) is 4.74 Å². The minimum Gasteiger partial charge on any atom is -0.465 e. The number of anilines is 1. The molecule has 0 saturated carbocycles. The van der Waals surface area contributed by atoms with Crippen molar-refractivity contribution in [3.05, 3.63) is 57.3 Å². The van der Waals surface area contributed by atoms with E-state index in [-0.39, 0.29) is 11.3 Å². The van der Waals surface area contributed by atoms with Crippen LogP contribution in [0.4, 0.5) is 5.82 Å². The third-order valence-corrected chi connectivity index (χ3v) is 4.06. The van der Waals surface area contributed by atoms with Gasteiger partial charge in [0.25, 0.3) is 5.91 Å². The SMILES string of the molecule is COC(=O)c1c(C(=O)Nc2ccc(Cl)cn2)[nH]c2cc(Br)ccc12. The van der Waals surface area contributed by atoms with E-state index in [4.69, 9.17) is 16.3 Å². The van der Waals surface area contributed by atoms with Gasteiger partial charge in [0.1, 0.15) is 11.5 Å². The highest BCUT2D eigenvalue weighted by atomic mass is 79.9. The Balaban J connectivity index is 2.05. The summed E-state index contributed by atoms with van der Waals surface area (Å²) < 4.78 is 5.62. The molecule has 0 aliphatic rings. The van der Waals surface area contributed by atoms with Gasteiger partial charge in [0.05, 0.1) is 17.7 Å². The van der Waals surface area contributed by atoms with Crippen LogP contribution >= 0.6 is 27.5 Å². The number of carbonyl (C=O) groups is 2. The minimum atomic E-state index is -0.599. The summed E-state index contributed by atoms with van der Waals surface area (Å²) in [6, 6.07) is 8.47. The summed E-state index contributed by atoms with van der Waals surface area (Å²) in [5.74, 6) is -0.782. The number of aromatic nitrogens is 2. The van der Waals surface area contributed by atoms with Crippen molar-refractivity contribution >= 4 is 56.1 Å². The summed E-state index contributed by atoms with van der Waals surface area (Å²) in [7, 11) is 1.27. The first-order valence-electron chi connectivity index (χ1n) is 6.82. The Morgan fingerprint density at radius 1 is 1.29 bits per heavy atom. The van der Waals surface area contributed by atoms with E-state index >= 15 is 0 Å². The molecule has 0 radical (unpaired) electrons. The summed E-state index contributed by atoms with van der Waals surface area (Å²) in [6.45, 7) is 0. The van der Waals surface area contributed by atoms with Gasteiger partial charge < -0.3 is 15.0 Å². The van der Waals surface area contributed by atoms with Gasteiger partial charge in [-0.25, -0.2) is 9.78 Å². The molecule has 3 aromatic rings. The Hall–Kier alpha value is -2.38. The first-order chi connectivity index (χ1) is 11.5. The molecule has 0 spiro atoms. The van der Waals surface area contributed by atoms with E-state index in [1.165, 1.54) is 13.3 Å². The number of fused-ring (bicyclic) bond motifs is 1. The molecule has 122 valence electrons. The van der Waals surface area contributed by atoms with Crippen LogP contribution in [0.25, 0.3) is 10.9 Å². The number of esters is 1. The average Bonchev–Trinajstić information content (AvgIpc) is 2.94. The molecule has 0 aliphatic carbocycles. The number of pyridine rings is 1. The predicted molar refractivity (Wildman–Crippen MR) is 94.5 cm³/mol. The second-order valence-electron chi connectivity index (χ2n) is 4.87. The maximum absolute atomic E-state index is 12.6. The number of ether oxygens (including phenoxy) is 1. The number of carbonyl (C=O) groups excluding carboxylic acids is 2. The van der Waals surface area contributed by atoms with Crippen LogP contribution in [0.15, 0.2) is 41.0 Å². The number of halogens is 2. The normalized spacial score (nSPS) is 10.6. The Kier molecular flexibility index (Phi) is 4.55. The van der Waals surface area contributed by atoms with Gasteiger partial charge in [-0.1, -0.05) is 33.6 Å². The van der Waals surface area contributed by atoms with Crippen molar-refractivity contribution in [3.63, 3.8) is 0 Å². The quantitative estimate of drug-likeness (QED) is 0.641. The molecule has 3 rings (SSSR count). The molecule has 0 bridgehead atoms. The summed E-state index contributed by atoms with van der Waals surface area (Å²) in [4.78, 5) is 31.6. The highest BCUT2D eigenvalue weighted by Crippen LogP contribution is 2.27. The maximum atomic E-state index is 12.6. The van der Waals surface area contributed by atoms with Gasteiger partial charge in [-0.15, -0.1) is 0 Å². The fraction of sp³-hybridized carbons (Fsp3) is 0.0625. The van der Waals surface area contributed by atoms with Gasteiger partial charge in [0.15, 0.2) is 0 Å². The maximum Gasteiger partial charge on any atom is 0.340 e. The molecule has 24 heavy (non-hydrogen) atoms. The van der Waals surface area contributed by atoms with Crippen molar-refractivity contribution in [2.45, 2.75) is 0 Å². The number of methoxy groups -OCH3 is 1. The van der Waals surface area contributed by atoms with Crippen LogP contribution in [0.1, 0.15) is 20.8 Å². The zero-order valence-electron chi connectivity index (χ0n) is 12.4. The van der Waals surface area contributed by atoms with Crippen LogP contribution in [0.5, 0.6) is 0 Å². The van der Waals surface area contributed by atoms with Crippen molar-refractivity contribution in [2.24, 2.45) is 0 Å². The number of nitrogens with zero attached hydrogens (tertiary/aromatic N) is 1. The van der Waals surface area contributed by atoms with E-state index < -0.39 is 11.9 Å². The number of amides is 1. The first-order valence-corrected chi connectivity index (χ1v) is 7.99. The van der Waals surface area contributed by atoms with Gasteiger partial charge in [-0.3, -0.25) is 4.79 Å². The topological polar surface area (TPSA) is 84.1 Å². The number of aromatic amines is 1. The molecule has 6 nitrogen and oxygen atoms in total. The van der Waals surface area contributed by atoms with Crippen molar-refractivity contribution in [2.75, 3.05) is 12.4 Å². The lowest BCUT2D eigenvalue weighted by atomic mass is 10.1. The Morgan fingerprint density at radius 2 is 2.08 bits per heavy atom. The number of rotatable bonds is 3. The molecule has 8 heteroatoms. The molecular weight excluding hydrogens is 398 g/mol. The lowest BCUT2D eigenvalue weighted by Crippen LogP contribution is -2.17. The number of nitrogens with one attached hydrogen (secondary N) is 2. The Morgan fingerprint density at radius 3 is 2.75 bits per heavy atom. The largest absolute Gasteiger partial charge is 0.465 e. The molecule has 2 N–H and O–H groups in total. The molecule has 1 amide bonds.